The fraction of sp³-hybridized carbons (Fsp3) is 0.294. The Labute approximate surface area is 120 Å². The molecular weight excluding hydrogens is 248 g/mol. The zero-order valence-corrected chi connectivity index (χ0v) is 12.3. The molecule has 3 heteroatoms. The van der Waals surface area contributed by atoms with Crippen LogP contribution in [0.15, 0.2) is 42.5 Å². The molecule has 2 rings (SSSR count). The highest BCUT2D eigenvalue weighted by Gasteiger charge is 2.12. The average Bonchev–Trinajstić information content (AvgIpc) is 2.45. The lowest BCUT2D eigenvalue weighted by Crippen LogP contribution is -2.21. The van der Waals surface area contributed by atoms with E-state index in [4.69, 9.17) is 10.5 Å². The zero-order valence-electron chi connectivity index (χ0n) is 12.3. The molecule has 106 valence electrons. The molecule has 0 aliphatic carbocycles. The van der Waals surface area contributed by atoms with Crippen molar-refractivity contribution in [2.75, 3.05) is 19.0 Å². The van der Waals surface area contributed by atoms with Crippen molar-refractivity contribution in [3.05, 3.63) is 59.2 Å². The van der Waals surface area contributed by atoms with E-state index >= 15 is 0 Å². The molecule has 3 nitrogen and oxygen atoms in total. The summed E-state index contributed by atoms with van der Waals surface area (Å²) in [5.41, 5.74) is 10.7. The second-order valence-electron chi connectivity index (χ2n) is 5.02. The minimum Gasteiger partial charge on any atom is -0.497 e. The lowest BCUT2D eigenvalue weighted by Gasteiger charge is -2.21. The molecule has 1 atom stereocenters. The van der Waals surface area contributed by atoms with Crippen LogP contribution in [0.4, 0.5) is 5.69 Å². The van der Waals surface area contributed by atoms with Gasteiger partial charge in [-0.15, -0.1) is 0 Å². The molecule has 0 heterocycles. The molecule has 0 radical (unpaired) electrons. The summed E-state index contributed by atoms with van der Waals surface area (Å²) in [6.07, 6.45) is 0. The number of benzene rings is 2. The van der Waals surface area contributed by atoms with Crippen LogP contribution in [0, 0.1) is 13.8 Å². The van der Waals surface area contributed by atoms with E-state index in [1.165, 1.54) is 16.7 Å². The Morgan fingerprint density at radius 3 is 2.60 bits per heavy atom. The molecule has 3 N–H and O–H groups in total. The van der Waals surface area contributed by atoms with Crippen molar-refractivity contribution in [1.29, 1.82) is 0 Å². The quantitative estimate of drug-likeness (QED) is 0.875. The van der Waals surface area contributed by atoms with Crippen LogP contribution in [0.5, 0.6) is 5.75 Å². The molecule has 0 saturated carbocycles. The summed E-state index contributed by atoms with van der Waals surface area (Å²) in [7, 11) is 1.67. The number of nitrogens with one attached hydrogen (secondary N) is 1. The number of hydrogen-bond donors (Lipinski definition) is 2. The van der Waals surface area contributed by atoms with Gasteiger partial charge in [0.05, 0.1) is 13.2 Å². The molecule has 20 heavy (non-hydrogen) atoms. The minimum atomic E-state index is 0.0997. The van der Waals surface area contributed by atoms with E-state index in [0.717, 1.165) is 11.4 Å². The standard InChI is InChI=1S/C17H22N2O/c1-12-7-8-16(13(2)9-12)17(11-18)19-14-5-4-6-15(10-14)20-3/h4-10,17,19H,11,18H2,1-3H3. The van der Waals surface area contributed by atoms with Gasteiger partial charge in [0.25, 0.3) is 0 Å². The third-order valence-electron chi connectivity index (χ3n) is 3.45. The van der Waals surface area contributed by atoms with Gasteiger partial charge in [-0.1, -0.05) is 29.8 Å². The molecule has 0 fully saturated rings. The van der Waals surface area contributed by atoms with Gasteiger partial charge in [-0.3, -0.25) is 0 Å². The van der Waals surface area contributed by atoms with E-state index in [1.807, 2.05) is 24.3 Å². The summed E-state index contributed by atoms with van der Waals surface area (Å²) in [5.74, 6) is 0.839. The van der Waals surface area contributed by atoms with Crippen LogP contribution in [0.1, 0.15) is 22.7 Å². The Morgan fingerprint density at radius 2 is 1.95 bits per heavy atom. The first-order chi connectivity index (χ1) is 9.63. The van der Waals surface area contributed by atoms with Gasteiger partial charge >= 0.3 is 0 Å². The molecule has 0 aromatic heterocycles. The van der Waals surface area contributed by atoms with Crippen LogP contribution in [0.3, 0.4) is 0 Å². The Bertz CT molecular complexity index is 581. The van der Waals surface area contributed by atoms with Gasteiger partial charge in [0.1, 0.15) is 5.75 Å². The molecule has 0 spiro atoms. The highest BCUT2D eigenvalue weighted by atomic mass is 16.5. The van der Waals surface area contributed by atoms with Crippen LogP contribution >= 0.6 is 0 Å². The summed E-state index contributed by atoms with van der Waals surface area (Å²) >= 11 is 0. The first-order valence-corrected chi connectivity index (χ1v) is 6.82. The van der Waals surface area contributed by atoms with Crippen LogP contribution in [0.25, 0.3) is 0 Å². The van der Waals surface area contributed by atoms with E-state index < -0.39 is 0 Å². The maximum atomic E-state index is 5.94. The first kappa shape index (κ1) is 14.4. The van der Waals surface area contributed by atoms with E-state index in [1.54, 1.807) is 7.11 Å². The molecule has 2 aromatic carbocycles. The lowest BCUT2D eigenvalue weighted by molar-refractivity contribution is 0.415. The molecule has 0 saturated heterocycles. The van der Waals surface area contributed by atoms with Gasteiger partial charge in [0, 0.05) is 18.3 Å². The van der Waals surface area contributed by atoms with Crippen molar-refractivity contribution in [3.63, 3.8) is 0 Å². The van der Waals surface area contributed by atoms with E-state index in [0.29, 0.717) is 6.54 Å². The summed E-state index contributed by atoms with van der Waals surface area (Å²) < 4.78 is 5.24. The van der Waals surface area contributed by atoms with Crippen LogP contribution < -0.4 is 15.8 Å². The van der Waals surface area contributed by atoms with Crippen molar-refractivity contribution in [2.24, 2.45) is 5.73 Å². The fourth-order valence-corrected chi connectivity index (χ4v) is 2.39. The largest absolute Gasteiger partial charge is 0.497 e. The number of rotatable bonds is 5. The van der Waals surface area contributed by atoms with Gasteiger partial charge in [-0.2, -0.15) is 0 Å². The molecular formula is C17H22N2O. The smallest absolute Gasteiger partial charge is 0.120 e. The SMILES string of the molecule is COc1cccc(NC(CN)c2ccc(C)cc2C)c1. The van der Waals surface area contributed by atoms with Gasteiger partial charge in [0.2, 0.25) is 0 Å². The van der Waals surface area contributed by atoms with Gasteiger partial charge in [0.15, 0.2) is 0 Å². The zero-order chi connectivity index (χ0) is 14.5. The van der Waals surface area contributed by atoms with Crippen molar-refractivity contribution in [3.8, 4) is 5.75 Å². The van der Waals surface area contributed by atoms with Crippen molar-refractivity contribution in [2.45, 2.75) is 19.9 Å². The number of ether oxygens (including phenoxy) is 1. The predicted octanol–water partition coefficient (Wildman–Crippen LogP) is 3.42. The first-order valence-electron chi connectivity index (χ1n) is 6.82. The summed E-state index contributed by atoms with van der Waals surface area (Å²) in [6.45, 7) is 4.77. The van der Waals surface area contributed by atoms with E-state index in [2.05, 4.69) is 37.4 Å². The molecule has 2 aromatic rings. The maximum absolute atomic E-state index is 5.94. The minimum absolute atomic E-state index is 0.0997. The van der Waals surface area contributed by atoms with E-state index in [-0.39, 0.29) is 6.04 Å². The Kier molecular flexibility index (Phi) is 4.64. The molecule has 0 amide bonds. The predicted molar refractivity (Wildman–Crippen MR) is 84.3 cm³/mol. The fourth-order valence-electron chi connectivity index (χ4n) is 2.39. The average molecular weight is 270 g/mol. The lowest BCUT2D eigenvalue weighted by atomic mass is 9.99. The molecule has 1 unspecified atom stereocenters. The highest BCUT2D eigenvalue weighted by Crippen LogP contribution is 2.24. The van der Waals surface area contributed by atoms with Crippen molar-refractivity contribution < 1.29 is 4.74 Å². The maximum Gasteiger partial charge on any atom is 0.120 e. The van der Waals surface area contributed by atoms with Gasteiger partial charge in [-0.05, 0) is 37.1 Å². The number of hydrogen-bond acceptors (Lipinski definition) is 3. The van der Waals surface area contributed by atoms with Crippen molar-refractivity contribution >= 4 is 5.69 Å². The number of nitrogens with two attached hydrogens (primary N) is 1. The van der Waals surface area contributed by atoms with E-state index in [9.17, 15) is 0 Å². The number of anilines is 1. The molecule has 0 bridgehead atoms. The second kappa shape index (κ2) is 6.44. The van der Waals surface area contributed by atoms with Crippen LogP contribution in [0.2, 0.25) is 0 Å². The third kappa shape index (κ3) is 3.31. The third-order valence-corrected chi connectivity index (χ3v) is 3.45. The summed E-state index contributed by atoms with van der Waals surface area (Å²) in [4.78, 5) is 0. The topological polar surface area (TPSA) is 47.3 Å². The Morgan fingerprint density at radius 1 is 1.15 bits per heavy atom. The Hall–Kier alpha value is -2.00. The Balaban J connectivity index is 2.23. The second-order valence-corrected chi connectivity index (χ2v) is 5.02. The normalized spacial score (nSPS) is 12.0. The van der Waals surface area contributed by atoms with Crippen LogP contribution in [-0.2, 0) is 0 Å². The summed E-state index contributed by atoms with van der Waals surface area (Å²) in [5, 5.41) is 3.47. The summed E-state index contributed by atoms with van der Waals surface area (Å²) in [6, 6.07) is 14.5. The monoisotopic (exact) mass is 270 g/mol. The van der Waals surface area contributed by atoms with Gasteiger partial charge in [-0.25, -0.2) is 0 Å². The van der Waals surface area contributed by atoms with Gasteiger partial charge < -0.3 is 15.8 Å². The molecule has 0 aliphatic heterocycles. The number of methoxy groups -OCH3 is 1. The molecule has 0 aliphatic rings. The van der Waals surface area contributed by atoms with Crippen LogP contribution in [-0.4, -0.2) is 13.7 Å². The highest BCUT2D eigenvalue weighted by molar-refractivity contribution is 5.50. The number of aryl methyl sites for hydroxylation is 2. The van der Waals surface area contributed by atoms with Crippen molar-refractivity contribution in [1.82, 2.24) is 0 Å².